The van der Waals surface area contributed by atoms with E-state index in [1.807, 2.05) is 0 Å². The summed E-state index contributed by atoms with van der Waals surface area (Å²) in [5.41, 5.74) is 5.67. The van der Waals surface area contributed by atoms with E-state index in [2.05, 4.69) is 33.7 Å². The molecular weight excluding hydrogens is 206 g/mol. The second-order valence-corrected chi connectivity index (χ2v) is 4.44. The van der Waals surface area contributed by atoms with Crippen molar-refractivity contribution in [2.24, 2.45) is 0 Å². The summed E-state index contributed by atoms with van der Waals surface area (Å²) in [5.74, 6) is 0. The van der Waals surface area contributed by atoms with Crippen LogP contribution in [0.15, 0.2) is 23.7 Å². The molecule has 4 heteroatoms. The van der Waals surface area contributed by atoms with Gasteiger partial charge in [-0.15, -0.1) is 10.2 Å². The number of nitrogens with zero attached hydrogens (tertiary/aromatic N) is 2. The molecule has 0 amide bonds. The van der Waals surface area contributed by atoms with E-state index in [1.165, 1.54) is 23.2 Å². The number of aromatic nitrogens is 2. The zero-order valence-corrected chi connectivity index (χ0v) is 9.05. The van der Waals surface area contributed by atoms with Gasteiger partial charge in [-0.05, 0) is 24.5 Å². The maximum atomic E-state index is 4.14. The number of benzene rings is 1. The lowest BCUT2D eigenvalue weighted by molar-refractivity contribution is 0.831. The highest BCUT2D eigenvalue weighted by Gasteiger charge is 2.14. The number of rotatable bonds is 1. The lowest BCUT2D eigenvalue weighted by Gasteiger charge is -2.19. The molecule has 1 aliphatic rings. The Morgan fingerprint density at radius 2 is 2.33 bits per heavy atom. The third-order valence-electron chi connectivity index (χ3n) is 2.69. The first-order valence-corrected chi connectivity index (χ1v) is 5.95. The van der Waals surface area contributed by atoms with E-state index in [4.69, 9.17) is 0 Å². The summed E-state index contributed by atoms with van der Waals surface area (Å²) in [4.78, 5) is 0. The van der Waals surface area contributed by atoms with Crippen LogP contribution in [0.3, 0.4) is 0 Å². The fourth-order valence-corrected chi connectivity index (χ4v) is 2.61. The van der Waals surface area contributed by atoms with Crippen LogP contribution in [0.5, 0.6) is 0 Å². The number of anilines is 1. The zero-order valence-electron chi connectivity index (χ0n) is 8.23. The van der Waals surface area contributed by atoms with Crippen molar-refractivity contribution in [2.75, 3.05) is 11.9 Å². The van der Waals surface area contributed by atoms with Crippen LogP contribution in [-0.4, -0.2) is 16.7 Å². The van der Waals surface area contributed by atoms with E-state index in [0.717, 1.165) is 18.0 Å². The quantitative estimate of drug-likeness (QED) is 0.797. The molecule has 0 saturated heterocycles. The van der Waals surface area contributed by atoms with Crippen LogP contribution < -0.4 is 5.32 Å². The van der Waals surface area contributed by atoms with Crippen molar-refractivity contribution in [3.8, 4) is 10.6 Å². The fraction of sp³-hybridized carbons (Fsp3) is 0.273. The molecule has 76 valence electrons. The average molecular weight is 217 g/mol. The molecule has 0 atom stereocenters. The van der Waals surface area contributed by atoms with Gasteiger partial charge in [0.25, 0.3) is 0 Å². The van der Waals surface area contributed by atoms with E-state index in [1.54, 1.807) is 16.8 Å². The van der Waals surface area contributed by atoms with Gasteiger partial charge < -0.3 is 5.32 Å². The smallest absolute Gasteiger partial charge is 0.147 e. The molecule has 1 aromatic heterocycles. The van der Waals surface area contributed by atoms with Crippen molar-refractivity contribution in [3.05, 3.63) is 29.3 Å². The molecule has 0 spiro atoms. The van der Waals surface area contributed by atoms with Gasteiger partial charge in [0.05, 0.1) is 0 Å². The minimum absolute atomic E-state index is 1.02. The largest absolute Gasteiger partial charge is 0.385 e. The molecule has 3 rings (SSSR count). The van der Waals surface area contributed by atoms with Gasteiger partial charge in [0.1, 0.15) is 10.5 Å². The van der Waals surface area contributed by atoms with Crippen LogP contribution in [0.4, 0.5) is 5.69 Å². The van der Waals surface area contributed by atoms with Crippen LogP contribution in [0, 0.1) is 0 Å². The van der Waals surface area contributed by atoms with Crippen molar-refractivity contribution in [1.29, 1.82) is 0 Å². The Balaban J connectivity index is 2.15. The monoisotopic (exact) mass is 217 g/mol. The average Bonchev–Trinajstić information content (AvgIpc) is 2.82. The Labute approximate surface area is 92.2 Å². The van der Waals surface area contributed by atoms with Crippen LogP contribution >= 0.6 is 11.3 Å². The van der Waals surface area contributed by atoms with Gasteiger partial charge >= 0.3 is 0 Å². The normalized spacial score (nSPS) is 14.4. The van der Waals surface area contributed by atoms with Gasteiger partial charge in [-0.1, -0.05) is 23.5 Å². The summed E-state index contributed by atoms with van der Waals surface area (Å²) in [7, 11) is 0. The summed E-state index contributed by atoms with van der Waals surface area (Å²) in [6.07, 6.45) is 2.33. The van der Waals surface area contributed by atoms with Crippen LogP contribution in [0.2, 0.25) is 0 Å². The van der Waals surface area contributed by atoms with Crippen molar-refractivity contribution >= 4 is 17.0 Å². The Morgan fingerprint density at radius 3 is 3.20 bits per heavy atom. The highest BCUT2D eigenvalue weighted by atomic mass is 32.1. The molecule has 0 aliphatic carbocycles. The van der Waals surface area contributed by atoms with Crippen molar-refractivity contribution in [1.82, 2.24) is 10.2 Å². The Morgan fingerprint density at radius 1 is 1.33 bits per heavy atom. The van der Waals surface area contributed by atoms with Gasteiger partial charge in [-0.2, -0.15) is 0 Å². The molecule has 1 N–H and O–H groups in total. The molecule has 0 radical (unpaired) electrons. The number of hydrogen-bond donors (Lipinski definition) is 1. The lowest BCUT2D eigenvalue weighted by atomic mass is 9.98. The molecule has 0 bridgehead atoms. The SMILES string of the molecule is c1cc2c(c(-c3nncs3)c1)CCCN2. The molecule has 0 saturated carbocycles. The number of hydrogen-bond acceptors (Lipinski definition) is 4. The maximum Gasteiger partial charge on any atom is 0.147 e. The van der Waals surface area contributed by atoms with E-state index in [0.29, 0.717) is 0 Å². The topological polar surface area (TPSA) is 37.8 Å². The molecule has 1 aromatic carbocycles. The molecule has 15 heavy (non-hydrogen) atoms. The third kappa shape index (κ3) is 1.51. The van der Waals surface area contributed by atoms with Crippen LogP contribution in [0.25, 0.3) is 10.6 Å². The van der Waals surface area contributed by atoms with Gasteiger partial charge in [0.15, 0.2) is 0 Å². The second-order valence-electron chi connectivity index (χ2n) is 3.61. The van der Waals surface area contributed by atoms with Crippen molar-refractivity contribution < 1.29 is 0 Å². The summed E-state index contributed by atoms with van der Waals surface area (Å²) in [6.45, 7) is 1.08. The molecule has 1 aliphatic heterocycles. The molecule has 2 aromatic rings. The first-order chi connectivity index (χ1) is 7.45. The predicted molar refractivity (Wildman–Crippen MR) is 62.2 cm³/mol. The van der Waals surface area contributed by atoms with E-state index >= 15 is 0 Å². The van der Waals surface area contributed by atoms with Gasteiger partial charge in [-0.3, -0.25) is 0 Å². The van der Waals surface area contributed by atoms with E-state index in [9.17, 15) is 0 Å². The molecule has 0 unspecified atom stereocenters. The second kappa shape index (κ2) is 3.62. The number of nitrogens with one attached hydrogen (secondary N) is 1. The Hall–Kier alpha value is -1.42. The van der Waals surface area contributed by atoms with E-state index < -0.39 is 0 Å². The maximum absolute atomic E-state index is 4.14. The van der Waals surface area contributed by atoms with Crippen LogP contribution in [-0.2, 0) is 6.42 Å². The summed E-state index contributed by atoms with van der Waals surface area (Å²) < 4.78 is 0. The lowest BCUT2D eigenvalue weighted by Crippen LogP contribution is -2.12. The molecular formula is C11H11N3S. The van der Waals surface area contributed by atoms with Gasteiger partial charge in [-0.25, -0.2) is 0 Å². The predicted octanol–water partition coefficient (Wildman–Crippen LogP) is 2.56. The first-order valence-electron chi connectivity index (χ1n) is 5.07. The molecule has 0 fully saturated rings. The molecule has 2 heterocycles. The zero-order chi connectivity index (χ0) is 10.1. The third-order valence-corrected chi connectivity index (χ3v) is 3.41. The summed E-state index contributed by atoms with van der Waals surface area (Å²) in [6, 6.07) is 6.35. The first kappa shape index (κ1) is 8.85. The van der Waals surface area contributed by atoms with E-state index in [-0.39, 0.29) is 0 Å². The van der Waals surface area contributed by atoms with Gasteiger partial charge in [0.2, 0.25) is 0 Å². The van der Waals surface area contributed by atoms with Crippen LogP contribution in [0.1, 0.15) is 12.0 Å². The number of fused-ring (bicyclic) bond motifs is 1. The minimum Gasteiger partial charge on any atom is -0.385 e. The standard InChI is InChI=1S/C11H11N3S/c1-3-9(11-14-13-7-15-11)8-4-2-6-12-10(8)5-1/h1,3,5,7,12H,2,4,6H2. The minimum atomic E-state index is 1.02. The van der Waals surface area contributed by atoms with Crippen molar-refractivity contribution in [2.45, 2.75) is 12.8 Å². The highest BCUT2D eigenvalue weighted by molar-refractivity contribution is 7.12. The summed E-state index contributed by atoms with van der Waals surface area (Å²) >= 11 is 1.60. The van der Waals surface area contributed by atoms with Gasteiger partial charge in [0, 0.05) is 17.8 Å². The highest BCUT2D eigenvalue weighted by Crippen LogP contribution is 2.32. The van der Waals surface area contributed by atoms with Crippen molar-refractivity contribution in [3.63, 3.8) is 0 Å². The Kier molecular flexibility index (Phi) is 2.14. The Bertz CT molecular complexity index is 465. The summed E-state index contributed by atoms with van der Waals surface area (Å²) in [5, 5.41) is 12.5. The molecule has 3 nitrogen and oxygen atoms in total. The fourth-order valence-electron chi connectivity index (χ4n) is 2.00.